The lowest BCUT2D eigenvalue weighted by Gasteiger charge is -2.21. The Morgan fingerprint density at radius 1 is 1.17 bits per heavy atom. The van der Waals surface area contributed by atoms with Gasteiger partial charge in [-0.25, -0.2) is 14.9 Å². The summed E-state index contributed by atoms with van der Waals surface area (Å²) in [5.41, 5.74) is -0.596. The van der Waals surface area contributed by atoms with Gasteiger partial charge in [0.25, 0.3) is 0 Å². The lowest BCUT2D eigenvalue weighted by Crippen LogP contribution is -2.40. The van der Waals surface area contributed by atoms with E-state index < -0.39 is 17.7 Å². The van der Waals surface area contributed by atoms with E-state index in [1.807, 2.05) is 0 Å². The summed E-state index contributed by atoms with van der Waals surface area (Å²) in [5, 5.41) is 2.61. The lowest BCUT2D eigenvalue weighted by molar-refractivity contribution is 0.0549. The van der Waals surface area contributed by atoms with Gasteiger partial charge in [0.2, 0.25) is 0 Å². The van der Waals surface area contributed by atoms with Crippen LogP contribution in [-0.4, -0.2) is 23.0 Å². The summed E-state index contributed by atoms with van der Waals surface area (Å²) in [4.78, 5) is 22.8. The minimum absolute atomic E-state index is 0.461. The number of hydrogen-bond donors (Lipinski definition) is 2. The summed E-state index contributed by atoms with van der Waals surface area (Å²) in [5.74, 6) is 0. The van der Waals surface area contributed by atoms with E-state index in [0.29, 0.717) is 5.25 Å². The van der Waals surface area contributed by atoms with E-state index in [1.54, 1.807) is 20.8 Å². The van der Waals surface area contributed by atoms with Crippen LogP contribution >= 0.6 is 11.9 Å². The first-order valence-corrected chi connectivity index (χ1v) is 7.20. The van der Waals surface area contributed by atoms with Crippen molar-refractivity contribution in [3.8, 4) is 0 Å². The first-order chi connectivity index (χ1) is 8.37. The number of nitrogens with one attached hydrogen (secondary N) is 2. The molecule has 0 atom stereocenters. The van der Waals surface area contributed by atoms with Crippen LogP contribution in [0.4, 0.5) is 9.59 Å². The van der Waals surface area contributed by atoms with Crippen LogP contribution in [-0.2, 0) is 4.74 Å². The highest BCUT2D eigenvalue weighted by Gasteiger charge is 2.19. The van der Waals surface area contributed by atoms with Crippen LogP contribution in [0.1, 0.15) is 52.9 Å². The largest absolute Gasteiger partial charge is 0.443 e. The molecule has 18 heavy (non-hydrogen) atoms. The summed E-state index contributed by atoms with van der Waals surface area (Å²) in [6, 6.07) is -0.514. The van der Waals surface area contributed by atoms with Crippen LogP contribution in [0.5, 0.6) is 0 Å². The zero-order valence-corrected chi connectivity index (χ0v) is 12.1. The average Bonchev–Trinajstić information content (AvgIpc) is 2.25. The van der Waals surface area contributed by atoms with Crippen LogP contribution in [0, 0.1) is 0 Å². The Balaban J connectivity index is 2.18. The van der Waals surface area contributed by atoms with Gasteiger partial charge in [0, 0.05) is 5.25 Å². The fraction of sp³-hybridized carbons (Fsp3) is 0.833. The van der Waals surface area contributed by atoms with Crippen LogP contribution in [0.25, 0.3) is 0 Å². The smallest absolute Gasteiger partial charge is 0.415 e. The first kappa shape index (κ1) is 15.1. The zero-order chi connectivity index (χ0) is 13.6. The Hall–Kier alpha value is -0.910. The number of rotatable bonds is 2. The molecular weight excluding hydrogens is 252 g/mol. The van der Waals surface area contributed by atoms with Crippen LogP contribution in [0.15, 0.2) is 0 Å². The van der Waals surface area contributed by atoms with Gasteiger partial charge in [-0.15, -0.1) is 0 Å². The number of carbonyl (C=O) groups excluding carboxylic acids is 2. The molecule has 0 spiro atoms. The van der Waals surface area contributed by atoms with Crippen molar-refractivity contribution in [2.24, 2.45) is 0 Å². The maximum absolute atomic E-state index is 11.4. The summed E-state index contributed by atoms with van der Waals surface area (Å²) in [6.45, 7) is 5.25. The minimum Gasteiger partial charge on any atom is -0.443 e. The molecule has 0 aliphatic heterocycles. The van der Waals surface area contributed by atoms with E-state index in [4.69, 9.17) is 4.74 Å². The van der Waals surface area contributed by atoms with Crippen LogP contribution in [0.3, 0.4) is 0 Å². The van der Waals surface area contributed by atoms with E-state index in [-0.39, 0.29) is 0 Å². The summed E-state index contributed by atoms with van der Waals surface area (Å²) < 4.78 is 7.61. The maximum Gasteiger partial charge on any atom is 0.415 e. The molecule has 0 aromatic rings. The quantitative estimate of drug-likeness (QED) is 0.759. The van der Waals surface area contributed by atoms with Crippen molar-refractivity contribution in [2.45, 2.75) is 63.7 Å². The number of imide groups is 1. The zero-order valence-electron chi connectivity index (χ0n) is 11.2. The molecule has 0 unspecified atom stereocenters. The molecule has 1 aliphatic rings. The Bertz CT molecular complexity index is 296. The number of ether oxygens (including phenoxy) is 1. The van der Waals surface area contributed by atoms with E-state index in [9.17, 15) is 9.59 Å². The third-order valence-electron chi connectivity index (χ3n) is 2.48. The third-order valence-corrected chi connectivity index (χ3v) is 3.59. The summed E-state index contributed by atoms with van der Waals surface area (Å²) in [6.07, 6.45) is 5.24. The predicted octanol–water partition coefficient (Wildman–Crippen LogP) is 3.20. The molecule has 104 valence electrons. The summed E-state index contributed by atoms with van der Waals surface area (Å²) >= 11 is 1.40. The van der Waals surface area contributed by atoms with Crippen molar-refractivity contribution in [1.29, 1.82) is 0 Å². The van der Waals surface area contributed by atoms with Gasteiger partial charge in [-0.3, -0.25) is 4.72 Å². The second-order valence-electron chi connectivity index (χ2n) is 5.44. The topological polar surface area (TPSA) is 67.4 Å². The molecule has 1 saturated carbocycles. The second kappa shape index (κ2) is 6.87. The molecular formula is C12H22N2O3S. The second-order valence-corrected chi connectivity index (χ2v) is 6.54. The Kier molecular flexibility index (Phi) is 5.78. The summed E-state index contributed by atoms with van der Waals surface area (Å²) in [7, 11) is 0. The Labute approximate surface area is 113 Å². The molecule has 0 radical (unpaired) electrons. The molecule has 0 aromatic heterocycles. The van der Waals surface area contributed by atoms with Crippen molar-refractivity contribution in [1.82, 2.24) is 10.0 Å². The molecule has 1 rings (SSSR count). The van der Waals surface area contributed by atoms with Crippen molar-refractivity contribution in [3.63, 3.8) is 0 Å². The number of carbonyl (C=O) groups is 2. The normalized spacial score (nSPS) is 17.1. The van der Waals surface area contributed by atoms with Crippen molar-refractivity contribution >= 4 is 24.1 Å². The van der Waals surface area contributed by atoms with Gasteiger partial charge in [0.05, 0.1) is 0 Å². The molecule has 1 aliphatic carbocycles. The third kappa shape index (κ3) is 6.74. The highest BCUT2D eigenvalue weighted by molar-refractivity contribution is 7.98. The number of alkyl carbamates (subject to hydrolysis) is 1. The van der Waals surface area contributed by atoms with E-state index in [2.05, 4.69) is 10.0 Å². The highest BCUT2D eigenvalue weighted by Crippen LogP contribution is 2.26. The van der Waals surface area contributed by atoms with Gasteiger partial charge in [-0.05, 0) is 45.6 Å². The Morgan fingerprint density at radius 2 is 1.78 bits per heavy atom. The molecule has 3 amide bonds. The standard InChI is InChI=1S/C12H22N2O3S/c1-12(2,3)17-11(16)13-10(15)14-18-9-7-5-4-6-8-9/h9H,4-8H2,1-3H3,(H2,13,14,15,16). The van der Waals surface area contributed by atoms with Crippen molar-refractivity contribution in [3.05, 3.63) is 0 Å². The van der Waals surface area contributed by atoms with Gasteiger partial charge < -0.3 is 4.74 Å². The molecule has 5 nitrogen and oxygen atoms in total. The molecule has 2 N–H and O–H groups in total. The van der Waals surface area contributed by atoms with Crippen LogP contribution < -0.4 is 10.0 Å². The minimum atomic E-state index is -0.718. The lowest BCUT2D eigenvalue weighted by atomic mass is 10.0. The van der Waals surface area contributed by atoms with E-state index in [0.717, 1.165) is 12.8 Å². The van der Waals surface area contributed by atoms with Crippen molar-refractivity contribution in [2.75, 3.05) is 0 Å². The molecule has 0 saturated heterocycles. The van der Waals surface area contributed by atoms with E-state index in [1.165, 1.54) is 31.2 Å². The maximum atomic E-state index is 11.4. The van der Waals surface area contributed by atoms with Gasteiger partial charge in [-0.1, -0.05) is 19.3 Å². The SMILES string of the molecule is CC(C)(C)OC(=O)NC(=O)NSC1CCCCC1. The van der Waals surface area contributed by atoms with Gasteiger partial charge >= 0.3 is 12.1 Å². The molecule has 1 fully saturated rings. The number of urea groups is 1. The van der Waals surface area contributed by atoms with Gasteiger partial charge in [-0.2, -0.15) is 0 Å². The average molecular weight is 274 g/mol. The molecule has 0 bridgehead atoms. The van der Waals surface area contributed by atoms with Crippen molar-refractivity contribution < 1.29 is 14.3 Å². The fourth-order valence-corrected chi connectivity index (χ4v) is 2.64. The van der Waals surface area contributed by atoms with Gasteiger partial charge in [0.15, 0.2) is 0 Å². The first-order valence-electron chi connectivity index (χ1n) is 6.32. The monoisotopic (exact) mass is 274 g/mol. The molecule has 0 aromatic carbocycles. The molecule has 6 heteroatoms. The number of amides is 3. The number of hydrogen-bond acceptors (Lipinski definition) is 4. The predicted molar refractivity (Wildman–Crippen MR) is 72.4 cm³/mol. The van der Waals surface area contributed by atoms with E-state index >= 15 is 0 Å². The highest BCUT2D eigenvalue weighted by atomic mass is 32.2. The molecule has 0 heterocycles. The fourth-order valence-electron chi connectivity index (χ4n) is 1.74. The van der Waals surface area contributed by atoms with Crippen LogP contribution in [0.2, 0.25) is 0 Å². The van der Waals surface area contributed by atoms with Gasteiger partial charge in [0.1, 0.15) is 5.60 Å². The Morgan fingerprint density at radius 3 is 2.33 bits per heavy atom.